The van der Waals surface area contributed by atoms with Crippen LogP contribution in [-0.2, 0) is 16.5 Å². The Hall–Kier alpha value is 0.0899. The van der Waals surface area contributed by atoms with Gasteiger partial charge in [-0.2, -0.15) is 0 Å². The number of hydrogen-bond donors (Lipinski definition) is 0. The number of rotatable bonds is 0. The third-order valence-corrected chi connectivity index (χ3v) is 0. The smallest absolute Gasteiger partial charge is 0 e. The van der Waals surface area contributed by atoms with E-state index < -0.39 is 0 Å². The first-order chi connectivity index (χ1) is 4.00. The predicted molar refractivity (Wildman–Crippen MR) is 25.6 cm³/mol. The fraction of sp³-hybridized carbons (Fsp3) is 0. The minimum atomic E-state index is 0. The van der Waals surface area contributed by atoms with Crippen molar-refractivity contribution < 1.29 is 16.5 Å². The topological polar surface area (TPSA) is 95.2 Å². The summed E-state index contributed by atoms with van der Waals surface area (Å²) in [6.07, 6.45) is 0. The summed E-state index contributed by atoms with van der Waals surface area (Å²) in [7, 11) is 0. The van der Waals surface area contributed by atoms with E-state index >= 15 is 0 Å². The average molecular weight is 202 g/mol. The van der Waals surface area contributed by atoms with Crippen molar-refractivity contribution in [2.75, 3.05) is 0 Å². The molecule has 0 saturated carbocycles. The third kappa shape index (κ3) is 50300. The van der Waals surface area contributed by atoms with E-state index in [1.165, 1.54) is 0 Å². The molecule has 0 heterocycles. The van der Waals surface area contributed by atoms with Crippen molar-refractivity contribution in [3.8, 4) is 0 Å². The molecule has 10 heavy (non-hydrogen) atoms. The maximum Gasteiger partial charge on any atom is 0 e. The van der Waals surface area contributed by atoms with Gasteiger partial charge in [-0.3, -0.25) is 0 Å². The Balaban J connectivity index is -0.00000000500. The fourth-order valence-corrected chi connectivity index (χ4v) is 0. The van der Waals surface area contributed by atoms with E-state index in [2.05, 4.69) is 0 Å². The van der Waals surface area contributed by atoms with E-state index in [1.807, 2.05) is 0 Å². The molecule has 1 radical (unpaired) electrons. The molecule has 0 fully saturated rings. The van der Waals surface area contributed by atoms with Gasteiger partial charge in [0.1, 0.15) is 0 Å². The molecule has 0 aliphatic rings. The largest absolute Gasteiger partial charge is 0.512 e. The van der Waals surface area contributed by atoms with Crippen molar-refractivity contribution >= 4 is 51.4 Å². The van der Waals surface area contributed by atoms with Gasteiger partial charge in [-0.05, 0) is 0 Å². The maximum absolute atomic E-state index is 6.25. The Morgan fingerprint density at radius 2 is 0.500 bits per heavy atom. The quantitative estimate of drug-likeness (QED) is 0.407. The molecule has 0 aromatic heterocycles. The normalized spacial score (nSPS) is 0.800. The molecule has 0 unspecified atom stereocenters. The molecule has 0 aromatic carbocycles. The van der Waals surface area contributed by atoms with Crippen molar-refractivity contribution in [2.45, 2.75) is 0 Å². The van der Waals surface area contributed by atoms with Gasteiger partial charge in [0, 0.05) is 67.9 Å². The van der Waals surface area contributed by atoms with Gasteiger partial charge in [0.25, 0.3) is 0 Å². The zero-order valence-corrected chi connectivity index (χ0v) is 9.22. The van der Waals surface area contributed by atoms with E-state index in [-0.39, 0.29) is 67.9 Å². The van der Waals surface area contributed by atoms with Crippen molar-refractivity contribution in [3.05, 3.63) is 26.3 Å². The minimum absolute atomic E-state index is 0. The Labute approximate surface area is 113 Å². The molecule has 4 nitrogen and oxygen atoms in total. The average Bonchev–Trinajstić information content (AvgIpc) is 2.03. The SMILES string of the molecule is [C-]#N.[C-]#N.[C-]#N.[C-]#N.[K].[Ni]. The van der Waals surface area contributed by atoms with Crippen LogP contribution in [0.1, 0.15) is 0 Å². The van der Waals surface area contributed by atoms with Crippen LogP contribution in [0.25, 0.3) is 0 Å². The molecule has 0 aliphatic heterocycles. The van der Waals surface area contributed by atoms with Crippen LogP contribution in [-0.4, -0.2) is 51.4 Å². The second kappa shape index (κ2) is 73700. The molecule has 0 amide bonds. The summed E-state index contributed by atoms with van der Waals surface area (Å²) in [5.41, 5.74) is 0. The van der Waals surface area contributed by atoms with Gasteiger partial charge < -0.3 is 47.3 Å². The van der Waals surface area contributed by atoms with Crippen molar-refractivity contribution in [1.82, 2.24) is 0 Å². The van der Waals surface area contributed by atoms with Gasteiger partial charge in [0.2, 0.25) is 0 Å². The zero-order chi connectivity index (χ0) is 8.00. The van der Waals surface area contributed by atoms with Crippen LogP contribution in [0.4, 0.5) is 0 Å². The Morgan fingerprint density at radius 3 is 0.500 bits per heavy atom. The second-order valence-electron chi connectivity index (χ2n) is 0. The van der Waals surface area contributed by atoms with E-state index in [9.17, 15) is 0 Å². The van der Waals surface area contributed by atoms with Crippen molar-refractivity contribution in [1.29, 1.82) is 21.0 Å². The van der Waals surface area contributed by atoms with Crippen LogP contribution < -0.4 is 0 Å². The maximum atomic E-state index is 6.25. The van der Waals surface area contributed by atoms with E-state index in [4.69, 9.17) is 47.3 Å². The Bertz CT molecular complexity index is 60.2. The number of hydrogen-bond acceptors (Lipinski definition) is 4. The fourth-order valence-electron chi connectivity index (χ4n) is 0. The van der Waals surface area contributed by atoms with Gasteiger partial charge in [-0.15, -0.1) is 0 Å². The van der Waals surface area contributed by atoms with Crippen LogP contribution in [0, 0.1) is 47.3 Å². The third-order valence-electron chi connectivity index (χ3n) is 0. The molecule has 51 valence electrons. The van der Waals surface area contributed by atoms with Gasteiger partial charge >= 0.3 is 0 Å². The van der Waals surface area contributed by atoms with Crippen molar-refractivity contribution in [3.63, 3.8) is 0 Å². The first-order valence-electron chi connectivity index (χ1n) is 0.894. The second-order valence-corrected chi connectivity index (χ2v) is 0. The summed E-state index contributed by atoms with van der Waals surface area (Å²) in [5.74, 6) is 0. The molecule has 0 aliphatic carbocycles. The molecule has 0 rings (SSSR count). The summed E-state index contributed by atoms with van der Waals surface area (Å²) < 4.78 is 0. The van der Waals surface area contributed by atoms with E-state index in [1.54, 1.807) is 0 Å². The molecule has 0 N–H and O–H groups in total. The van der Waals surface area contributed by atoms with E-state index in [0.717, 1.165) is 0 Å². The minimum Gasteiger partial charge on any atom is -0.512 e. The molecular formula is C4KN4Ni-4. The molecule has 0 bridgehead atoms. The summed E-state index contributed by atoms with van der Waals surface area (Å²) >= 11 is 0. The van der Waals surface area contributed by atoms with Crippen LogP contribution in [0.15, 0.2) is 0 Å². The summed E-state index contributed by atoms with van der Waals surface area (Å²) in [4.78, 5) is 0. The first kappa shape index (κ1) is 49.8. The molecule has 0 saturated heterocycles. The van der Waals surface area contributed by atoms with Crippen LogP contribution in [0.2, 0.25) is 0 Å². The summed E-state index contributed by atoms with van der Waals surface area (Å²) in [6, 6.07) is 0. The van der Waals surface area contributed by atoms with Gasteiger partial charge in [0.05, 0.1) is 0 Å². The monoisotopic (exact) mass is 201 g/mol. The van der Waals surface area contributed by atoms with E-state index in [0.29, 0.717) is 0 Å². The molecule has 0 spiro atoms. The van der Waals surface area contributed by atoms with Crippen molar-refractivity contribution in [2.24, 2.45) is 0 Å². The summed E-state index contributed by atoms with van der Waals surface area (Å²) in [6.45, 7) is 19.0. The van der Waals surface area contributed by atoms with Gasteiger partial charge in [-0.25, -0.2) is 0 Å². The molecule has 0 atom stereocenters. The Morgan fingerprint density at radius 1 is 0.500 bits per heavy atom. The molecule has 6 heteroatoms. The van der Waals surface area contributed by atoms with Crippen LogP contribution >= 0.6 is 0 Å². The Kier molecular flexibility index (Phi) is 367000. The zero-order valence-electron chi connectivity index (χ0n) is 5.11. The van der Waals surface area contributed by atoms with Crippen LogP contribution in [0.5, 0.6) is 0 Å². The summed E-state index contributed by atoms with van der Waals surface area (Å²) in [5, 5.41) is 25.0. The van der Waals surface area contributed by atoms with Gasteiger partial charge in [-0.1, -0.05) is 0 Å². The molecular weight excluding hydrogens is 202 g/mol. The first-order valence-corrected chi connectivity index (χ1v) is 0.894. The number of nitrogens with zero attached hydrogens (tertiary/aromatic N) is 4. The van der Waals surface area contributed by atoms with Gasteiger partial charge in [0.15, 0.2) is 0 Å². The predicted octanol–water partition coefficient (Wildman–Crippen LogP) is 0.00218. The van der Waals surface area contributed by atoms with Crippen LogP contribution in [0.3, 0.4) is 0 Å². The standard InChI is InChI=1S/4CN.K.Ni/c4*1-2;;/q4*-1;;. The molecule has 0 aromatic rings.